The molecule has 1 amide bonds. The van der Waals surface area contributed by atoms with Crippen molar-refractivity contribution in [1.29, 1.82) is 0 Å². The molecule has 0 radical (unpaired) electrons. The van der Waals surface area contributed by atoms with E-state index in [2.05, 4.69) is 0 Å². The number of carbonyl (C=O) groups excluding carboxylic acids is 5. The summed E-state index contributed by atoms with van der Waals surface area (Å²) in [5.74, 6) is -3.52. The number of nitrogens with two attached hydrogens (primary N) is 1. The number of ether oxygens (including phenoxy) is 5. The van der Waals surface area contributed by atoms with Crippen LogP contribution in [0, 0.1) is 0 Å². The third-order valence-electron chi connectivity index (χ3n) is 4.62. The van der Waals surface area contributed by atoms with Crippen LogP contribution in [0.2, 0.25) is 0 Å². The Labute approximate surface area is 195 Å². The van der Waals surface area contributed by atoms with Crippen LogP contribution in [0.25, 0.3) is 0 Å². The maximum absolute atomic E-state index is 11.9. The fourth-order valence-corrected chi connectivity index (χ4v) is 4.97. The fraction of sp³-hybridized carbons (Fsp3) is 0.737. The number of rotatable bonds is 12. The number of esters is 4. The van der Waals surface area contributed by atoms with E-state index in [1.807, 2.05) is 0 Å². The number of hydrogen-bond donors (Lipinski definition) is 3. The fourth-order valence-electron chi connectivity index (χ4n) is 3.39. The van der Waals surface area contributed by atoms with Crippen molar-refractivity contribution in [3.05, 3.63) is 0 Å². The number of primary amides is 1. The maximum Gasteiger partial charge on any atom is 0.303 e. The van der Waals surface area contributed by atoms with E-state index in [1.54, 1.807) is 0 Å². The summed E-state index contributed by atoms with van der Waals surface area (Å²) in [6.07, 6.45) is -6.03. The predicted octanol–water partition coefficient (Wildman–Crippen LogP) is -2.88. The Morgan fingerprint density at radius 1 is 0.970 bits per heavy atom. The largest absolute Gasteiger partial charge is 0.462 e. The number of aliphatic hydroxyl groups is 1. The zero-order chi connectivity index (χ0) is 25.3. The number of quaternary nitrogens is 1. The summed E-state index contributed by atoms with van der Waals surface area (Å²) in [5.41, 5.74) is 5.46. The van der Waals surface area contributed by atoms with Gasteiger partial charge in [0, 0.05) is 34.8 Å². The van der Waals surface area contributed by atoms with Crippen LogP contribution in [-0.4, -0.2) is 96.9 Å². The van der Waals surface area contributed by atoms with Crippen molar-refractivity contribution >= 4 is 41.5 Å². The van der Waals surface area contributed by atoms with E-state index in [0.29, 0.717) is 4.90 Å². The molecule has 1 unspecified atom stereocenters. The Hall–Kier alpha value is -2.42. The summed E-state index contributed by atoms with van der Waals surface area (Å²) in [6.45, 7) is 3.80. The molecule has 4 N–H and O–H groups in total. The van der Waals surface area contributed by atoms with Gasteiger partial charge in [-0.3, -0.25) is 28.9 Å². The molecule has 33 heavy (non-hydrogen) atoms. The zero-order valence-corrected chi connectivity index (χ0v) is 19.9. The lowest BCUT2D eigenvalue weighted by Crippen LogP contribution is -3.19. The first-order valence-corrected chi connectivity index (χ1v) is 11.0. The predicted molar refractivity (Wildman–Crippen MR) is 111 cm³/mol. The van der Waals surface area contributed by atoms with Crippen LogP contribution in [0.4, 0.5) is 0 Å². The molecule has 1 aliphatic rings. The Kier molecular flexibility index (Phi) is 11.6. The van der Waals surface area contributed by atoms with Gasteiger partial charge in [-0.2, -0.15) is 0 Å². The monoisotopic (exact) mass is 495 g/mol. The summed E-state index contributed by atoms with van der Waals surface area (Å²) < 4.78 is 25.8. The van der Waals surface area contributed by atoms with Crippen LogP contribution in [0.1, 0.15) is 27.7 Å². The molecule has 0 aromatic heterocycles. The standard InChI is InChI=1S/C19H30N2O11S/c1-9(22)29-6-14(30-10(2)23)16(31-11(3)24)17(32-12(4)25)15(26)19-21(8-28-5)13(7-33-19)18(20)27/h13-17,19,26H,6-8H2,1-5H3,(H2,20,27)/p+1/t13-,14+,15-,16-,17+,19-/m0/s1. The summed E-state index contributed by atoms with van der Waals surface area (Å²) in [6, 6.07) is -0.704. The summed E-state index contributed by atoms with van der Waals surface area (Å²) >= 11 is 1.18. The van der Waals surface area contributed by atoms with Crippen molar-refractivity contribution in [2.24, 2.45) is 5.73 Å². The highest BCUT2D eigenvalue weighted by Gasteiger charge is 2.52. The average Bonchev–Trinajstić information content (AvgIpc) is 3.11. The first kappa shape index (κ1) is 28.6. The lowest BCUT2D eigenvalue weighted by Gasteiger charge is -2.36. The Balaban J connectivity index is 3.39. The molecule has 1 heterocycles. The number of nitrogens with one attached hydrogen (secondary N) is 1. The molecular weight excluding hydrogens is 464 g/mol. The van der Waals surface area contributed by atoms with E-state index < -0.39 is 72.2 Å². The molecule has 1 rings (SSSR count). The minimum absolute atomic E-state index is 0.00577. The normalized spacial score (nSPS) is 23.5. The molecule has 0 bridgehead atoms. The van der Waals surface area contributed by atoms with Gasteiger partial charge in [-0.15, -0.1) is 0 Å². The molecule has 0 aromatic rings. The average molecular weight is 496 g/mol. The van der Waals surface area contributed by atoms with Crippen LogP contribution < -0.4 is 10.6 Å². The van der Waals surface area contributed by atoms with Crippen LogP contribution >= 0.6 is 11.8 Å². The number of aliphatic hydroxyl groups excluding tert-OH is 1. The van der Waals surface area contributed by atoms with Gasteiger partial charge in [0.1, 0.15) is 6.61 Å². The molecule has 7 atom stereocenters. The first-order valence-electron chi connectivity index (χ1n) is 9.97. The molecule has 1 saturated heterocycles. The highest BCUT2D eigenvalue weighted by molar-refractivity contribution is 8.00. The van der Waals surface area contributed by atoms with Crippen molar-refractivity contribution < 1.29 is 57.7 Å². The van der Waals surface area contributed by atoms with Crippen LogP contribution in [0.5, 0.6) is 0 Å². The number of carbonyl (C=O) groups is 5. The summed E-state index contributed by atoms with van der Waals surface area (Å²) in [7, 11) is 1.40. The number of hydrogen-bond acceptors (Lipinski definition) is 12. The second-order valence-electron chi connectivity index (χ2n) is 7.31. The van der Waals surface area contributed by atoms with E-state index in [9.17, 15) is 29.1 Å². The Morgan fingerprint density at radius 2 is 1.52 bits per heavy atom. The molecule has 0 saturated carbocycles. The summed E-state index contributed by atoms with van der Waals surface area (Å²) in [4.78, 5) is 59.0. The van der Waals surface area contributed by atoms with Crippen LogP contribution in [0.3, 0.4) is 0 Å². The minimum atomic E-state index is -1.55. The lowest BCUT2D eigenvalue weighted by atomic mass is 10.0. The van der Waals surface area contributed by atoms with E-state index in [-0.39, 0.29) is 12.5 Å². The van der Waals surface area contributed by atoms with E-state index in [1.165, 1.54) is 18.9 Å². The van der Waals surface area contributed by atoms with Gasteiger partial charge in [0.05, 0.1) is 5.75 Å². The summed E-state index contributed by atoms with van der Waals surface area (Å²) in [5, 5.41) is 10.4. The van der Waals surface area contributed by atoms with Crippen molar-refractivity contribution in [3.63, 3.8) is 0 Å². The van der Waals surface area contributed by atoms with Gasteiger partial charge in [0.15, 0.2) is 42.6 Å². The lowest BCUT2D eigenvalue weighted by molar-refractivity contribution is -0.940. The van der Waals surface area contributed by atoms with Gasteiger partial charge in [-0.1, -0.05) is 11.8 Å². The van der Waals surface area contributed by atoms with Gasteiger partial charge in [-0.05, 0) is 0 Å². The number of thioether (sulfide) groups is 1. The third-order valence-corrected chi connectivity index (χ3v) is 6.09. The topological polar surface area (TPSA) is 182 Å². The molecule has 0 aromatic carbocycles. The maximum atomic E-state index is 11.9. The van der Waals surface area contributed by atoms with Crippen LogP contribution in [0.15, 0.2) is 0 Å². The molecule has 0 aliphatic carbocycles. The van der Waals surface area contributed by atoms with Crippen molar-refractivity contribution in [2.45, 2.75) is 63.5 Å². The minimum Gasteiger partial charge on any atom is -0.462 e. The van der Waals surface area contributed by atoms with E-state index in [4.69, 9.17) is 29.4 Å². The third kappa shape index (κ3) is 8.79. The quantitative estimate of drug-likeness (QED) is 0.186. The van der Waals surface area contributed by atoms with Crippen molar-refractivity contribution in [3.8, 4) is 0 Å². The van der Waals surface area contributed by atoms with E-state index in [0.717, 1.165) is 27.7 Å². The Bertz CT molecular complexity index is 735. The van der Waals surface area contributed by atoms with Gasteiger partial charge in [0.25, 0.3) is 5.91 Å². The second kappa shape index (κ2) is 13.3. The molecule has 0 spiro atoms. The van der Waals surface area contributed by atoms with Gasteiger partial charge in [-0.25, -0.2) is 0 Å². The van der Waals surface area contributed by atoms with Crippen molar-refractivity contribution in [2.75, 3.05) is 26.2 Å². The molecule has 13 nitrogen and oxygen atoms in total. The molecule has 1 aliphatic heterocycles. The number of amides is 1. The first-order chi connectivity index (χ1) is 15.4. The molecule has 188 valence electrons. The zero-order valence-electron chi connectivity index (χ0n) is 19.1. The van der Waals surface area contributed by atoms with Gasteiger partial charge >= 0.3 is 23.9 Å². The highest BCUT2D eigenvalue weighted by atomic mass is 32.2. The van der Waals surface area contributed by atoms with E-state index >= 15 is 0 Å². The molecule has 14 heteroatoms. The molecular formula is C19H31N2O11S+. The second-order valence-corrected chi connectivity index (χ2v) is 8.48. The van der Waals surface area contributed by atoms with Gasteiger partial charge < -0.3 is 34.5 Å². The van der Waals surface area contributed by atoms with Crippen LogP contribution in [-0.2, 0) is 47.7 Å². The smallest absolute Gasteiger partial charge is 0.303 e. The Morgan fingerprint density at radius 3 is 1.97 bits per heavy atom. The van der Waals surface area contributed by atoms with Crippen molar-refractivity contribution in [1.82, 2.24) is 0 Å². The van der Waals surface area contributed by atoms with Gasteiger partial charge in [0.2, 0.25) is 0 Å². The highest BCUT2D eigenvalue weighted by Crippen LogP contribution is 2.25. The molecule has 1 fully saturated rings. The SMILES string of the molecule is COC[NH+]1[C@H](C(N)=O)CS[C@H]1[C@@H](O)[C@@H](OC(C)=O)[C@@H](OC(C)=O)[C@@H](COC(C)=O)OC(C)=O. The number of methoxy groups -OCH3 is 1.